The minimum absolute atomic E-state index is 0. The van der Waals surface area contributed by atoms with Crippen LogP contribution >= 0.6 is 0 Å². The first-order valence-electron chi connectivity index (χ1n) is 3.97. The van der Waals surface area contributed by atoms with Crippen molar-refractivity contribution < 1.29 is 0 Å². The van der Waals surface area contributed by atoms with E-state index in [4.69, 9.17) is 0 Å². The first-order valence-corrected chi connectivity index (χ1v) is 3.97. The van der Waals surface area contributed by atoms with Gasteiger partial charge >= 0.3 is 0 Å². The normalized spacial score (nSPS) is 41.5. The van der Waals surface area contributed by atoms with Gasteiger partial charge in [-0.05, 0) is 38.6 Å². The summed E-state index contributed by atoms with van der Waals surface area (Å²) in [6.07, 6.45) is 2.98. The molecule has 1 heterocycles. The summed E-state index contributed by atoms with van der Waals surface area (Å²) in [5.74, 6) is 2.21. The second-order valence-corrected chi connectivity index (χ2v) is 3.78. The van der Waals surface area contributed by atoms with Crippen molar-refractivity contribution >= 4 is 0 Å². The summed E-state index contributed by atoms with van der Waals surface area (Å²) in [6, 6.07) is 0.855. The van der Waals surface area contributed by atoms with Gasteiger partial charge in [-0.25, -0.2) is 0 Å². The van der Waals surface area contributed by atoms with Gasteiger partial charge in [-0.15, -0.1) is 0 Å². The van der Waals surface area contributed by atoms with E-state index in [0.717, 1.165) is 17.9 Å². The van der Waals surface area contributed by atoms with E-state index in [1.165, 1.54) is 19.4 Å². The van der Waals surface area contributed by atoms with Crippen LogP contribution in [0.5, 0.6) is 0 Å². The number of piperidine rings is 1. The van der Waals surface area contributed by atoms with Crippen molar-refractivity contribution in [1.29, 1.82) is 0 Å². The van der Waals surface area contributed by atoms with Crippen molar-refractivity contribution in [3.63, 3.8) is 0 Å². The maximum absolute atomic E-state index is 2.49. The fourth-order valence-electron chi connectivity index (χ4n) is 1.99. The Morgan fingerprint density at radius 2 is 1.73 bits per heavy atom. The van der Waals surface area contributed by atoms with Crippen LogP contribution in [0.3, 0.4) is 0 Å². The standard InChI is InChI=1S/C8H15N.2CH4/c1-6-3-7-4-8(7)5-9(6)2;;/h6-8H,3-5H2,1-2H3;2*1H4. The molecule has 0 bridgehead atoms. The molecule has 11 heavy (non-hydrogen) atoms. The molecule has 1 aliphatic heterocycles. The van der Waals surface area contributed by atoms with Crippen molar-refractivity contribution in [2.45, 2.75) is 40.7 Å². The van der Waals surface area contributed by atoms with Gasteiger partial charge in [0.2, 0.25) is 0 Å². The van der Waals surface area contributed by atoms with Crippen molar-refractivity contribution in [2.24, 2.45) is 11.8 Å². The molecule has 3 atom stereocenters. The minimum Gasteiger partial charge on any atom is -0.303 e. The van der Waals surface area contributed by atoms with E-state index >= 15 is 0 Å². The minimum atomic E-state index is 0. The van der Waals surface area contributed by atoms with E-state index in [-0.39, 0.29) is 14.9 Å². The summed E-state index contributed by atoms with van der Waals surface area (Å²) < 4.78 is 0. The molecule has 1 saturated heterocycles. The monoisotopic (exact) mass is 157 g/mol. The van der Waals surface area contributed by atoms with Gasteiger partial charge in [-0.2, -0.15) is 0 Å². The Bertz CT molecular complexity index is 108. The van der Waals surface area contributed by atoms with E-state index in [1.54, 1.807) is 0 Å². The third-order valence-electron chi connectivity index (χ3n) is 2.99. The SMILES string of the molecule is C.C.CC1CC2CC2CN1C. The molecule has 2 fully saturated rings. The van der Waals surface area contributed by atoms with Gasteiger partial charge in [-0.3, -0.25) is 0 Å². The number of rotatable bonds is 0. The summed E-state index contributed by atoms with van der Waals surface area (Å²) >= 11 is 0. The van der Waals surface area contributed by atoms with Crippen LogP contribution in [0, 0.1) is 11.8 Å². The van der Waals surface area contributed by atoms with E-state index in [9.17, 15) is 0 Å². The van der Waals surface area contributed by atoms with Crippen LogP contribution in [-0.4, -0.2) is 24.5 Å². The molecular weight excluding hydrogens is 134 g/mol. The van der Waals surface area contributed by atoms with E-state index < -0.39 is 0 Å². The third-order valence-corrected chi connectivity index (χ3v) is 2.99. The third kappa shape index (κ3) is 1.96. The Morgan fingerprint density at radius 3 is 2.27 bits per heavy atom. The Hall–Kier alpha value is -0.0400. The Balaban J connectivity index is 0.000000500. The molecule has 0 aromatic carbocycles. The average Bonchev–Trinajstić information content (AvgIpc) is 2.46. The quantitative estimate of drug-likeness (QED) is 0.522. The zero-order chi connectivity index (χ0) is 6.43. The van der Waals surface area contributed by atoms with Crippen LogP contribution in [0.1, 0.15) is 34.6 Å². The van der Waals surface area contributed by atoms with Gasteiger partial charge in [0.25, 0.3) is 0 Å². The highest BCUT2D eigenvalue weighted by molar-refractivity contribution is 4.94. The fraction of sp³-hybridized carbons (Fsp3) is 1.00. The zero-order valence-electron chi connectivity index (χ0n) is 6.30. The van der Waals surface area contributed by atoms with Crippen molar-refractivity contribution in [1.82, 2.24) is 4.90 Å². The maximum atomic E-state index is 2.49. The summed E-state index contributed by atoms with van der Waals surface area (Å²) in [5, 5.41) is 0. The summed E-state index contributed by atoms with van der Waals surface area (Å²) in [7, 11) is 2.25. The number of hydrogen-bond acceptors (Lipinski definition) is 1. The van der Waals surface area contributed by atoms with Crippen molar-refractivity contribution in [3.8, 4) is 0 Å². The lowest BCUT2D eigenvalue weighted by Crippen LogP contribution is -2.35. The first-order chi connectivity index (χ1) is 4.27. The van der Waals surface area contributed by atoms with Crippen molar-refractivity contribution in [3.05, 3.63) is 0 Å². The molecule has 0 aromatic heterocycles. The number of hydrogen-bond donors (Lipinski definition) is 0. The molecule has 0 N–H and O–H groups in total. The molecule has 1 aliphatic carbocycles. The highest BCUT2D eigenvalue weighted by Crippen LogP contribution is 2.46. The summed E-state index contributed by atoms with van der Waals surface area (Å²) in [5.41, 5.74) is 0. The molecule has 0 aromatic rings. The predicted octanol–water partition coefficient (Wildman–Crippen LogP) is 2.62. The Morgan fingerprint density at radius 1 is 1.09 bits per heavy atom. The molecule has 3 unspecified atom stereocenters. The highest BCUT2D eigenvalue weighted by Gasteiger charge is 2.42. The lowest BCUT2D eigenvalue weighted by molar-refractivity contribution is 0.191. The Labute approximate surface area is 71.8 Å². The van der Waals surface area contributed by atoms with E-state index in [1.807, 2.05) is 0 Å². The molecule has 2 aliphatic rings. The van der Waals surface area contributed by atoms with Gasteiger partial charge in [0, 0.05) is 12.6 Å². The zero-order valence-corrected chi connectivity index (χ0v) is 6.30. The van der Waals surface area contributed by atoms with E-state index in [0.29, 0.717) is 0 Å². The molecule has 1 saturated carbocycles. The molecule has 0 radical (unpaired) electrons. The number of nitrogens with zero attached hydrogens (tertiary/aromatic N) is 1. The van der Waals surface area contributed by atoms with Crippen LogP contribution in [0.4, 0.5) is 0 Å². The van der Waals surface area contributed by atoms with Gasteiger partial charge in [0.15, 0.2) is 0 Å². The van der Waals surface area contributed by atoms with Gasteiger partial charge in [0.05, 0.1) is 0 Å². The summed E-state index contributed by atoms with van der Waals surface area (Å²) in [6.45, 7) is 3.71. The molecule has 0 spiro atoms. The smallest absolute Gasteiger partial charge is 0.00667 e. The largest absolute Gasteiger partial charge is 0.303 e. The molecule has 1 nitrogen and oxygen atoms in total. The number of fused-ring (bicyclic) bond motifs is 1. The molecular formula is C10H23N. The molecule has 2 rings (SSSR count). The lowest BCUT2D eigenvalue weighted by atomic mass is 10.1. The topological polar surface area (TPSA) is 3.24 Å². The second kappa shape index (κ2) is 3.57. The number of likely N-dealkylation sites (tertiary alicyclic amines) is 1. The van der Waals surface area contributed by atoms with Crippen LogP contribution in [-0.2, 0) is 0 Å². The predicted molar refractivity (Wildman–Crippen MR) is 51.8 cm³/mol. The maximum Gasteiger partial charge on any atom is 0.00667 e. The van der Waals surface area contributed by atoms with Gasteiger partial charge in [-0.1, -0.05) is 14.9 Å². The molecule has 68 valence electrons. The van der Waals surface area contributed by atoms with Crippen LogP contribution in [0.15, 0.2) is 0 Å². The molecule has 0 amide bonds. The molecule has 1 heteroatoms. The first kappa shape index (κ1) is 11.0. The van der Waals surface area contributed by atoms with Crippen LogP contribution in [0.25, 0.3) is 0 Å². The average molecular weight is 157 g/mol. The van der Waals surface area contributed by atoms with Crippen LogP contribution in [0.2, 0.25) is 0 Å². The Kier molecular flexibility index (Phi) is 3.56. The second-order valence-electron chi connectivity index (χ2n) is 3.78. The van der Waals surface area contributed by atoms with Crippen LogP contribution < -0.4 is 0 Å². The van der Waals surface area contributed by atoms with Crippen molar-refractivity contribution in [2.75, 3.05) is 13.6 Å². The fourth-order valence-corrected chi connectivity index (χ4v) is 1.99. The van der Waals surface area contributed by atoms with E-state index in [2.05, 4.69) is 18.9 Å². The highest BCUT2D eigenvalue weighted by atomic mass is 15.1. The van der Waals surface area contributed by atoms with Gasteiger partial charge < -0.3 is 4.90 Å². The van der Waals surface area contributed by atoms with Gasteiger partial charge in [0.1, 0.15) is 0 Å². The summed E-state index contributed by atoms with van der Waals surface area (Å²) in [4.78, 5) is 2.49. The lowest BCUT2D eigenvalue weighted by Gasteiger charge is -2.28.